The van der Waals surface area contributed by atoms with Gasteiger partial charge in [-0.1, -0.05) is 6.07 Å². The third-order valence-electron chi connectivity index (χ3n) is 3.47. The predicted octanol–water partition coefficient (Wildman–Crippen LogP) is 1.33. The van der Waals surface area contributed by atoms with Crippen LogP contribution in [-0.4, -0.2) is 48.4 Å². The topological polar surface area (TPSA) is 72.4 Å². The summed E-state index contributed by atoms with van der Waals surface area (Å²) in [7, 11) is 1.61. The highest BCUT2D eigenvalue weighted by Crippen LogP contribution is 2.16. The van der Waals surface area contributed by atoms with Gasteiger partial charge in [-0.25, -0.2) is 15.0 Å². The molecular weight excluding hydrogens is 282 g/mol. The van der Waals surface area contributed by atoms with Crippen molar-refractivity contribution in [3.05, 3.63) is 36.3 Å². The van der Waals surface area contributed by atoms with E-state index in [0.29, 0.717) is 12.4 Å². The van der Waals surface area contributed by atoms with Crippen LogP contribution in [0.2, 0.25) is 0 Å². The molecule has 1 saturated heterocycles. The molecule has 1 aliphatic rings. The Hall–Kier alpha value is -2.41. The summed E-state index contributed by atoms with van der Waals surface area (Å²) in [6.45, 7) is 3.85. The Morgan fingerprint density at radius 1 is 1.23 bits per heavy atom. The van der Waals surface area contributed by atoms with Gasteiger partial charge < -0.3 is 19.7 Å². The van der Waals surface area contributed by atoms with Crippen LogP contribution in [0, 0.1) is 0 Å². The van der Waals surface area contributed by atoms with Gasteiger partial charge in [0.2, 0.25) is 5.88 Å². The van der Waals surface area contributed by atoms with Crippen molar-refractivity contribution < 1.29 is 9.47 Å². The second-order valence-corrected chi connectivity index (χ2v) is 4.92. The number of methoxy groups -OCH3 is 1. The molecule has 1 aliphatic heterocycles. The number of hydrogen-bond donors (Lipinski definition) is 1. The number of nitrogens with zero attached hydrogens (tertiary/aromatic N) is 4. The van der Waals surface area contributed by atoms with Crippen molar-refractivity contribution in [1.82, 2.24) is 15.0 Å². The minimum Gasteiger partial charge on any atom is -0.481 e. The Balaban J connectivity index is 1.62. The summed E-state index contributed by atoms with van der Waals surface area (Å²) < 4.78 is 10.4. The fourth-order valence-electron chi connectivity index (χ4n) is 2.24. The van der Waals surface area contributed by atoms with Gasteiger partial charge in [-0.3, -0.25) is 0 Å². The summed E-state index contributed by atoms with van der Waals surface area (Å²) in [5.74, 6) is 2.33. The number of anilines is 2. The molecule has 0 radical (unpaired) electrons. The molecule has 0 bridgehead atoms. The molecule has 0 aliphatic carbocycles. The molecular formula is C15H19N5O2. The van der Waals surface area contributed by atoms with Crippen LogP contribution in [0.3, 0.4) is 0 Å². The van der Waals surface area contributed by atoms with Crippen LogP contribution in [0.1, 0.15) is 5.56 Å². The Morgan fingerprint density at radius 3 is 2.82 bits per heavy atom. The molecule has 1 N–H and O–H groups in total. The lowest BCUT2D eigenvalue weighted by molar-refractivity contribution is 0.122. The molecule has 0 saturated carbocycles. The van der Waals surface area contributed by atoms with Crippen molar-refractivity contribution in [1.29, 1.82) is 0 Å². The molecule has 7 nitrogen and oxygen atoms in total. The van der Waals surface area contributed by atoms with Gasteiger partial charge in [0.05, 0.1) is 20.3 Å². The fraction of sp³-hybridized carbons (Fsp3) is 0.400. The van der Waals surface area contributed by atoms with Gasteiger partial charge >= 0.3 is 0 Å². The van der Waals surface area contributed by atoms with Gasteiger partial charge in [0.15, 0.2) is 0 Å². The number of morpholine rings is 1. The van der Waals surface area contributed by atoms with Crippen LogP contribution in [0.4, 0.5) is 11.6 Å². The zero-order valence-electron chi connectivity index (χ0n) is 12.5. The lowest BCUT2D eigenvalue weighted by Gasteiger charge is -2.27. The Bertz CT molecular complexity index is 599. The maximum absolute atomic E-state index is 5.36. The van der Waals surface area contributed by atoms with Gasteiger partial charge in [-0.15, -0.1) is 0 Å². The average molecular weight is 301 g/mol. The first-order chi connectivity index (χ1) is 10.8. The Labute approximate surface area is 129 Å². The zero-order chi connectivity index (χ0) is 15.2. The number of rotatable bonds is 5. The number of ether oxygens (including phenoxy) is 2. The van der Waals surface area contributed by atoms with E-state index in [1.165, 1.54) is 0 Å². The molecule has 2 aromatic heterocycles. The fourth-order valence-corrected chi connectivity index (χ4v) is 2.24. The Kier molecular flexibility index (Phi) is 4.65. The number of nitrogens with one attached hydrogen (secondary N) is 1. The molecule has 1 fully saturated rings. The molecule has 2 aromatic rings. The van der Waals surface area contributed by atoms with E-state index < -0.39 is 0 Å². The lowest BCUT2D eigenvalue weighted by Crippen LogP contribution is -2.36. The van der Waals surface area contributed by atoms with E-state index >= 15 is 0 Å². The number of aromatic nitrogens is 3. The molecule has 0 atom stereocenters. The molecule has 3 heterocycles. The minimum atomic E-state index is 0.611. The van der Waals surface area contributed by atoms with Crippen molar-refractivity contribution in [3.63, 3.8) is 0 Å². The van der Waals surface area contributed by atoms with Gasteiger partial charge in [0.25, 0.3) is 0 Å². The monoisotopic (exact) mass is 301 g/mol. The summed E-state index contributed by atoms with van der Waals surface area (Å²) >= 11 is 0. The van der Waals surface area contributed by atoms with Crippen LogP contribution in [0.5, 0.6) is 5.88 Å². The molecule has 116 valence electrons. The van der Waals surface area contributed by atoms with E-state index in [9.17, 15) is 0 Å². The molecule has 22 heavy (non-hydrogen) atoms. The number of pyridine rings is 1. The molecule has 0 amide bonds. The maximum atomic E-state index is 5.36. The summed E-state index contributed by atoms with van der Waals surface area (Å²) in [5.41, 5.74) is 1.06. The SMILES string of the molecule is COc1ccc(CNc2cc(N3CCOCC3)ncn2)cn1. The van der Waals surface area contributed by atoms with E-state index in [1.54, 1.807) is 19.6 Å². The lowest BCUT2D eigenvalue weighted by atomic mass is 10.3. The second-order valence-electron chi connectivity index (χ2n) is 4.92. The minimum absolute atomic E-state index is 0.611. The molecule has 0 spiro atoms. The van der Waals surface area contributed by atoms with Crippen molar-refractivity contribution in [2.45, 2.75) is 6.54 Å². The number of hydrogen-bond acceptors (Lipinski definition) is 7. The van der Waals surface area contributed by atoms with E-state index in [0.717, 1.165) is 43.5 Å². The summed E-state index contributed by atoms with van der Waals surface area (Å²) in [6.07, 6.45) is 3.37. The second kappa shape index (κ2) is 7.04. The van der Waals surface area contributed by atoms with Gasteiger partial charge in [-0.05, 0) is 5.56 Å². The van der Waals surface area contributed by atoms with Crippen molar-refractivity contribution in [2.75, 3.05) is 43.6 Å². The van der Waals surface area contributed by atoms with Crippen molar-refractivity contribution in [3.8, 4) is 5.88 Å². The van der Waals surface area contributed by atoms with Crippen LogP contribution >= 0.6 is 0 Å². The van der Waals surface area contributed by atoms with Crippen LogP contribution in [0.15, 0.2) is 30.7 Å². The van der Waals surface area contributed by atoms with E-state index in [4.69, 9.17) is 9.47 Å². The van der Waals surface area contributed by atoms with Gasteiger partial charge in [0.1, 0.15) is 18.0 Å². The highest BCUT2D eigenvalue weighted by Gasteiger charge is 2.12. The third-order valence-corrected chi connectivity index (χ3v) is 3.47. The van der Waals surface area contributed by atoms with Crippen molar-refractivity contribution in [2.24, 2.45) is 0 Å². The van der Waals surface area contributed by atoms with Crippen LogP contribution < -0.4 is 15.0 Å². The summed E-state index contributed by atoms with van der Waals surface area (Å²) in [5, 5.41) is 3.29. The highest BCUT2D eigenvalue weighted by molar-refractivity contribution is 5.48. The summed E-state index contributed by atoms with van der Waals surface area (Å²) in [4.78, 5) is 15.0. The molecule has 3 rings (SSSR count). The molecule has 7 heteroatoms. The molecule has 0 unspecified atom stereocenters. The summed E-state index contributed by atoms with van der Waals surface area (Å²) in [6, 6.07) is 5.78. The quantitative estimate of drug-likeness (QED) is 0.893. The van der Waals surface area contributed by atoms with E-state index in [2.05, 4.69) is 25.2 Å². The Morgan fingerprint density at radius 2 is 2.09 bits per heavy atom. The normalized spacial score (nSPS) is 14.7. The highest BCUT2D eigenvalue weighted by atomic mass is 16.5. The first-order valence-electron chi connectivity index (χ1n) is 7.23. The van der Waals surface area contributed by atoms with Crippen LogP contribution in [0.25, 0.3) is 0 Å². The van der Waals surface area contributed by atoms with E-state index in [1.807, 2.05) is 18.2 Å². The maximum Gasteiger partial charge on any atom is 0.212 e. The third kappa shape index (κ3) is 3.62. The van der Waals surface area contributed by atoms with Crippen molar-refractivity contribution >= 4 is 11.6 Å². The van der Waals surface area contributed by atoms with Crippen LogP contribution in [-0.2, 0) is 11.3 Å². The van der Waals surface area contributed by atoms with Gasteiger partial charge in [0, 0.05) is 38.0 Å². The largest absolute Gasteiger partial charge is 0.481 e. The first kappa shape index (κ1) is 14.5. The average Bonchev–Trinajstić information content (AvgIpc) is 2.61. The predicted molar refractivity (Wildman–Crippen MR) is 83.2 cm³/mol. The molecule has 0 aromatic carbocycles. The first-order valence-corrected chi connectivity index (χ1v) is 7.23. The van der Waals surface area contributed by atoms with Gasteiger partial charge in [-0.2, -0.15) is 0 Å². The van der Waals surface area contributed by atoms with E-state index in [-0.39, 0.29) is 0 Å². The smallest absolute Gasteiger partial charge is 0.212 e. The zero-order valence-corrected chi connectivity index (χ0v) is 12.5. The standard InChI is InChI=1S/C15H19N5O2/c1-21-15-3-2-12(10-17-15)9-16-13-8-14(19-11-18-13)20-4-6-22-7-5-20/h2-3,8,10-11H,4-7,9H2,1H3,(H,16,18,19).